The Kier molecular flexibility index (Phi) is 2.57. The third-order valence-electron chi connectivity index (χ3n) is 2.87. The van der Waals surface area contributed by atoms with Gasteiger partial charge >= 0.3 is 0 Å². The topological polar surface area (TPSA) is 42.2 Å². The highest BCUT2D eigenvalue weighted by Gasteiger charge is 2.22. The van der Waals surface area contributed by atoms with Crippen LogP contribution in [0.25, 0.3) is 5.57 Å². The molecule has 1 aliphatic rings. The molecule has 1 aromatic carbocycles. The van der Waals surface area contributed by atoms with Crippen LogP contribution in [-0.2, 0) is 0 Å². The van der Waals surface area contributed by atoms with Gasteiger partial charge in [0.05, 0.1) is 25.9 Å². The number of ether oxygens (including phenoxy) is 2. The van der Waals surface area contributed by atoms with Gasteiger partial charge in [0.1, 0.15) is 0 Å². The standard InChI is InChI=1S/C13H13NO2/c1-8-4-9(7-14)11-6-13(16-3)12(15-2)5-10(8)11/h4-6,8H,1-3H3. The summed E-state index contributed by atoms with van der Waals surface area (Å²) < 4.78 is 10.5. The van der Waals surface area contributed by atoms with Crippen molar-refractivity contribution in [2.75, 3.05) is 14.2 Å². The minimum absolute atomic E-state index is 0.254. The molecule has 0 saturated heterocycles. The summed E-state index contributed by atoms with van der Waals surface area (Å²) in [5, 5.41) is 9.03. The molecule has 0 spiro atoms. The minimum atomic E-state index is 0.254. The summed E-state index contributed by atoms with van der Waals surface area (Å²) in [6.45, 7) is 2.06. The monoisotopic (exact) mass is 215 g/mol. The summed E-state index contributed by atoms with van der Waals surface area (Å²) in [5.41, 5.74) is 2.78. The molecule has 3 nitrogen and oxygen atoms in total. The van der Waals surface area contributed by atoms with Crippen LogP contribution in [0.4, 0.5) is 0 Å². The Morgan fingerprint density at radius 2 is 1.81 bits per heavy atom. The smallest absolute Gasteiger partial charge is 0.161 e. The van der Waals surface area contributed by atoms with Crippen LogP contribution in [0.3, 0.4) is 0 Å². The van der Waals surface area contributed by atoms with Crippen molar-refractivity contribution in [3.8, 4) is 17.6 Å². The first-order valence-electron chi connectivity index (χ1n) is 5.09. The van der Waals surface area contributed by atoms with Crippen molar-refractivity contribution in [3.63, 3.8) is 0 Å². The number of fused-ring (bicyclic) bond motifs is 1. The van der Waals surface area contributed by atoms with Gasteiger partial charge in [-0.1, -0.05) is 13.0 Å². The van der Waals surface area contributed by atoms with Gasteiger partial charge in [-0.3, -0.25) is 0 Å². The molecule has 82 valence electrons. The Morgan fingerprint density at radius 3 is 2.38 bits per heavy atom. The SMILES string of the molecule is COc1cc2c(cc1OC)C(C)C=C2C#N. The van der Waals surface area contributed by atoms with E-state index in [1.165, 1.54) is 0 Å². The number of hydrogen-bond donors (Lipinski definition) is 0. The van der Waals surface area contributed by atoms with E-state index in [4.69, 9.17) is 14.7 Å². The van der Waals surface area contributed by atoms with Gasteiger partial charge in [0.25, 0.3) is 0 Å². The maximum absolute atomic E-state index is 9.03. The second-order valence-corrected chi connectivity index (χ2v) is 3.78. The van der Waals surface area contributed by atoms with Crippen molar-refractivity contribution in [1.29, 1.82) is 5.26 Å². The minimum Gasteiger partial charge on any atom is -0.493 e. The average Bonchev–Trinajstić information content (AvgIpc) is 2.63. The lowest BCUT2D eigenvalue weighted by Crippen LogP contribution is -1.95. The van der Waals surface area contributed by atoms with Gasteiger partial charge in [-0.05, 0) is 23.3 Å². The maximum Gasteiger partial charge on any atom is 0.161 e. The predicted octanol–water partition coefficient (Wildman–Crippen LogP) is 2.73. The molecule has 1 aliphatic carbocycles. The van der Waals surface area contributed by atoms with E-state index in [1.807, 2.05) is 18.2 Å². The largest absolute Gasteiger partial charge is 0.493 e. The predicted molar refractivity (Wildman–Crippen MR) is 61.6 cm³/mol. The molecule has 0 N–H and O–H groups in total. The fourth-order valence-electron chi connectivity index (χ4n) is 2.03. The molecule has 0 aliphatic heterocycles. The zero-order valence-electron chi connectivity index (χ0n) is 9.57. The first kappa shape index (κ1) is 10.6. The lowest BCUT2D eigenvalue weighted by atomic mass is 10.0. The summed E-state index contributed by atoms with van der Waals surface area (Å²) in [6.07, 6.45) is 1.96. The molecular weight excluding hydrogens is 202 g/mol. The fourth-order valence-corrected chi connectivity index (χ4v) is 2.03. The summed E-state index contributed by atoms with van der Waals surface area (Å²) in [6, 6.07) is 6.02. The second-order valence-electron chi connectivity index (χ2n) is 3.78. The summed E-state index contributed by atoms with van der Waals surface area (Å²) in [5.74, 6) is 1.63. The van der Waals surface area contributed by atoms with Crippen molar-refractivity contribution in [1.82, 2.24) is 0 Å². The fraction of sp³-hybridized carbons (Fsp3) is 0.308. The second kappa shape index (κ2) is 3.90. The van der Waals surface area contributed by atoms with Crippen LogP contribution in [0, 0.1) is 11.3 Å². The van der Waals surface area contributed by atoms with Crippen LogP contribution in [0.15, 0.2) is 18.2 Å². The van der Waals surface area contributed by atoms with Gasteiger partial charge in [0.2, 0.25) is 0 Å². The zero-order chi connectivity index (χ0) is 11.7. The lowest BCUT2D eigenvalue weighted by Gasteiger charge is -2.12. The molecule has 0 bridgehead atoms. The van der Waals surface area contributed by atoms with Gasteiger partial charge in [0, 0.05) is 5.92 Å². The third kappa shape index (κ3) is 1.43. The van der Waals surface area contributed by atoms with E-state index < -0.39 is 0 Å². The Hall–Kier alpha value is -1.95. The highest BCUT2D eigenvalue weighted by Crippen LogP contribution is 2.41. The Bertz CT molecular complexity index is 497. The number of methoxy groups -OCH3 is 2. The van der Waals surface area contributed by atoms with Crippen molar-refractivity contribution in [3.05, 3.63) is 29.3 Å². The van der Waals surface area contributed by atoms with E-state index in [1.54, 1.807) is 14.2 Å². The van der Waals surface area contributed by atoms with Crippen LogP contribution >= 0.6 is 0 Å². The number of hydrogen-bond acceptors (Lipinski definition) is 3. The van der Waals surface area contributed by atoms with Gasteiger partial charge in [-0.2, -0.15) is 5.26 Å². The van der Waals surface area contributed by atoms with Gasteiger partial charge < -0.3 is 9.47 Å². The average molecular weight is 215 g/mol. The molecule has 0 heterocycles. The molecule has 0 radical (unpaired) electrons. The number of nitrogens with zero attached hydrogens (tertiary/aromatic N) is 1. The molecule has 16 heavy (non-hydrogen) atoms. The quantitative estimate of drug-likeness (QED) is 0.761. The molecular formula is C13H13NO2. The summed E-state index contributed by atoms with van der Waals surface area (Å²) in [7, 11) is 3.21. The molecule has 0 amide bonds. The van der Waals surface area contributed by atoms with Crippen LogP contribution in [0.1, 0.15) is 24.0 Å². The van der Waals surface area contributed by atoms with E-state index in [9.17, 15) is 0 Å². The van der Waals surface area contributed by atoms with Gasteiger partial charge in [-0.25, -0.2) is 0 Å². The maximum atomic E-state index is 9.03. The Morgan fingerprint density at radius 1 is 1.19 bits per heavy atom. The zero-order valence-corrected chi connectivity index (χ0v) is 9.57. The van der Waals surface area contributed by atoms with E-state index in [0.29, 0.717) is 17.1 Å². The van der Waals surface area contributed by atoms with Crippen molar-refractivity contribution in [2.45, 2.75) is 12.8 Å². The van der Waals surface area contributed by atoms with Gasteiger partial charge in [-0.15, -0.1) is 0 Å². The number of benzene rings is 1. The molecule has 2 rings (SSSR count). The van der Waals surface area contributed by atoms with E-state index in [0.717, 1.165) is 11.1 Å². The molecule has 1 unspecified atom stereocenters. The summed E-state index contributed by atoms with van der Waals surface area (Å²) in [4.78, 5) is 0. The third-order valence-corrected chi connectivity index (χ3v) is 2.87. The molecule has 1 atom stereocenters. The molecule has 0 saturated carbocycles. The highest BCUT2D eigenvalue weighted by molar-refractivity contribution is 5.84. The van der Waals surface area contributed by atoms with Crippen LogP contribution in [-0.4, -0.2) is 14.2 Å². The molecule has 0 fully saturated rings. The van der Waals surface area contributed by atoms with E-state index in [2.05, 4.69) is 13.0 Å². The lowest BCUT2D eigenvalue weighted by molar-refractivity contribution is 0.354. The van der Waals surface area contributed by atoms with Crippen molar-refractivity contribution >= 4 is 5.57 Å². The number of allylic oxidation sites excluding steroid dienone is 2. The first-order valence-corrected chi connectivity index (χ1v) is 5.09. The Balaban J connectivity index is 2.60. The highest BCUT2D eigenvalue weighted by atomic mass is 16.5. The molecule has 3 heteroatoms. The summed E-state index contributed by atoms with van der Waals surface area (Å²) >= 11 is 0. The first-order chi connectivity index (χ1) is 7.71. The van der Waals surface area contributed by atoms with Crippen molar-refractivity contribution < 1.29 is 9.47 Å². The number of nitriles is 1. The molecule has 1 aromatic rings. The van der Waals surface area contributed by atoms with Crippen LogP contribution in [0.2, 0.25) is 0 Å². The Labute approximate surface area is 94.9 Å². The van der Waals surface area contributed by atoms with Gasteiger partial charge in [0.15, 0.2) is 11.5 Å². The van der Waals surface area contributed by atoms with Crippen molar-refractivity contribution in [2.24, 2.45) is 0 Å². The molecule has 0 aromatic heterocycles. The number of rotatable bonds is 2. The van der Waals surface area contributed by atoms with Crippen LogP contribution < -0.4 is 9.47 Å². The normalized spacial score (nSPS) is 17.4. The van der Waals surface area contributed by atoms with E-state index >= 15 is 0 Å². The van der Waals surface area contributed by atoms with Crippen LogP contribution in [0.5, 0.6) is 11.5 Å². The van der Waals surface area contributed by atoms with E-state index in [-0.39, 0.29) is 5.92 Å².